The molecule has 1 N–H and O–H groups in total. The highest BCUT2D eigenvalue weighted by molar-refractivity contribution is 5.96. The number of rotatable bonds is 7. The van der Waals surface area contributed by atoms with Gasteiger partial charge in [0, 0.05) is 18.2 Å². The van der Waals surface area contributed by atoms with E-state index in [1.165, 1.54) is 6.20 Å². The Morgan fingerprint density at radius 3 is 2.06 bits per heavy atom. The largest absolute Gasteiger partial charge is 0.460 e. The third kappa shape index (κ3) is 8.49. The predicted molar refractivity (Wildman–Crippen MR) is 122 cm³/mol. The van der Waals surface area contributed by atoms with Crippen molar-refractivity contribution in [2.24, 2.45) is 0 Å². The van der Waals surface area contributed by atoms with Gasteiger partial charge in [0.05, 0.1) is 11.3 Å². The number of nitrogens with one attached hydrogen (secondary N) is 1. The molecule has 0 aliphatic carbocycles. The molecule has 0 saturated heterocycles. The van der Waals surface area contributed by atoms with Crippen molar-refractivity contribution in [1.82, 2.24) is 10.3 Å². The maximum Gasteiger partial charge on any atom is 0.329 e. The third-order valence-electron chi connectivity index (χ3n) is 4.15. The van der Waals surface area contributed by atoms with Crippen molar-refractivity contribution < 1.29 is 23.9 Å². The first-order chi connectivity index (χ1) is 14.8. The van der Waals surface area contributed by atoms with E-state index in [1.807, 2.05) is 30.3 Å². The molecule has 0 aliphatic heterocycles. The van der Waals surface area contributed by atoms with Crippen LogP contribution in [-0.2, 0) is 19.1 Å². The summed E-state index contributed by atoms with van der Waals surface area (Å²) in [5, 5.41) is 2.67. The van der Waals surface area contributed by atoms with Crippen LogP contribution in [0, 0.1) is 0 Å². The molecule has 0 saturated carbocycles. The summed E-state index contributed by atoms with van der Waals surface area (Å²) in [5.41, 5.74) is 0.605. The Morgan fingerprint density at radius 1 is 0.906 bits per heavy atom. The topological polar surface area (TPSA) is 94.6 Å². The van der Waals surface area contributed by atoms with E-state index in [1.54, 1.807) is 53.7 Å². The molecule has 0 bridgehead atoms. The fourth-order valence-corrected chi connectivity index (χ4v) is 2.83. The van der Waals surface area contributed by atoms with Gasteiger partial charge in [-0.25, -0.2) is 4.79 Å². The predicted octanol–water partition coefficient (Wildman–Crippen LogP) is 4.31. The maximum atomic E-state index is 12.8. The number of pyridine rings is 1. The van der Waals surface area contributed by atoms with Gasteiger partial charge in [-0.3, -0.25) is 14.6 Å². The minimum atomic E-state index is -0.997. The maximum absolute atomic E-state index is 12.8. The van der Waals surface area contributed by atoms with E-state index in [2.05, 4.69) is 10.3 Å². The van der Waals surface area contributed by atoms with Gasteiger partial charge in [0.2, 0.25) is 0 Å². The summed E-state index contributed by atoms with van der Waals surface area (Å²) in [4.78, 5) is 41.9. The first-order valence-corrected chi connectivity index (χ1v) is 10.6. The van der Waals surface area contributed by atoms with Gasteiger partial charge in [0.15, 0.2) is 0 Å². The van der Waals surface area contributed by atoms with Crippen molar-refractivity contribution in [2.45, 2.75) is 71.6 Å². The second-order valence-electron chi connectivity index (χ2n) is 9.48. The number of hydrogen-bond donors (Lipinski definition) is 1. The van der Waals surface area contributed by atoms with Crippen molar-refractivity contribution in [1.29, 1.82) is 0 Å². The standard InChI is InChI=1S/C25H32N2O5/c1-24(2,3)31-21(28)15-14-20(23(30)32-25(4,5)6)27-22(29)18-12-13-19(26-16-18)17-10-8-7-9-11-17/h7-13,16,20H,14-15H2,1-6H3,(H,27,29)/t20-/m0/s1. The van der Waals surface area contributed by atoms with Gasteiger partial charge in [-0.1, -0.05) is 30.3 Å². The van der Waals surface area contributed by atoms with Crippen molar-refractivity contribution >= 4 is 17.8 Å². The summed E-state index contributed by atoms with van der Waals surface area (Å²) in [6, 6.07) is 12.0. The number of carbonyl (C=O) groups excluding carboxylic acids is 3. The van der Waals surface area contributed by atoms with Crippen LogP contribution in [0.15, 0.2) is 48.7 Å². The van der Waals surface area contributed by atoms with Crippen LogP contribution >= 0.6 is 0 Å². The van der Waals surface area contributed by atoms with Crippen molar-refractivity contribution in [3.8, 4) is 11.3 Å². The molecule has 2 rings (SSSR count). The summed E-state index contributed by atoms with van der Waals surface area (Å²) >= 11 is 0. The number of hydrogen-bond acceptors (Lipinski definition) is 6. The molecule has 32 heavy (non-hydrogen) atoms. The van der Waals surface area contributed by atoms with Crippen molar-refractivity contribution in [2.75, 3.05) is 0 Å². The van der Waals surface area contributed by atoms with Gasteiger partial charge in [0.1, 0.15) is 17.2 Å². The van der Waals surface area contributed by atoms with Crippen LogP contribution < -0.4 is 5.32 Å². The number of benzene rings is 1. The van der Waals surface area contributed by atoms with Gasteiger partial charge in [0.25, 0.3) is 5.91 Å². The number of esters is 2. The number of nitrogens with zero attached hydrogens (tertiary/aromatic N) is 1. The van der Waals surface area contributed by atoms with E-state index in [0.29, 0.717) is 5.56 Å². The Labute approximate surface area is 189 Å². The second-order valence-corrected chi connectivity index (χ2v) is 9.48. The van der Waals surface area contributed by atoms with Crippen molar-refractivity contribution in [3.05, 3.63) is 54.2 Å². The van der Waals surface area contributed by atoms with Gasteiger partial charge < -0.3 is 14.8 Å². The normalized spacial score (nSPS) is 12.6. The molecule has 1 amide bonds. The average Bonchev–Trinajstić information content (AvgIpc) is 2.69. The zero-order valence-corrected chi connectivity index (χ0v) is 19.6. The van der Waals surface area contributed by atoms with Crippen LogP contribution in [0.4, 0.5) is 0 Å². The molecule has 2 aromatic rings. The molecule has 0 radical (unpaired) electrons. The first kappa shape index (κ1) is 25.0. The average molecular weight is 441 g/mol. The van der Waals surface area contributed by atoms with Crippen LogP contribution in [0.5, 0.6) is 0 Å². The van der Waals surface area contributed by atoms with Gasteiger partial charge in [-0.2, -0.15) is 0 Å². The molecule has 7 nitrogen and oxygen atoms in total. The lowest BCUT2D eigenvalue weighted by Crippen LogP contribution is -2.44. The molecule has 172 valence electrons. The lowest BCUT2D eigenvalue weighted by atomic mass is 10.1. The summed E-state index contributed by atoms with van der Waals surface area (Å²) < 4.78 is 10.7. The molecule has 1 aromatic carbocycles. The molecule has 7 heteroatoms. The van der Waals surface area contributed by atoms with E-state index in [4.69, 9.17) is 9.47 Å². The Bertz CT molecular complexity index is 926. The molecule has 1 aromatic heterocycles. The Hall–Kier alpha value is -3.22. The lowest BCUT2D eigenvalue weighted by molar-refractivity contribution is -0.158. The number of carbonyl (C=O) groups is 3. The van der Waals surface area contributed by atoms with E-state index < -0.39 is 35.1 Å². The summed E-state index contributed by atoms with van der Waals surface area (Å²) in [7, 11) is 0. The van der Waals surface area contributed by atoms with Crippen LogP contribution in [0.2, 0.25) is 0 Å². The van der Waals surface area contributed by atoms with Gasteiger partial charge >= 0.3 is 11.9 Å². The number of aromatic nitrogens is 1. The Kier molecular flexibility index (Phi) is 8.14. The minimum absolute atomic E-state index is 0.0351. The molecule has 0 fully saturated rings. The van der Waals surface area contributed by atoms with E-state index in [-0.39, 0.29) is 12.8 Å². The van der Waals surface area contributed by atoms with Crippen LogP contribution in [0.3, 0.4) is 0 Å². The molecule has 0 aliphatic rings. The highest BCUT2D eigenvalue weighted by Crippen LogP contribution is 2.17. The van der Waals surface area contributed by atoms with E-state index in [0.717, 1.165) is 11.3 Å². The Balaban J connectivity index is 2.10. The first-order valence-electron chi connectivity index (χ1n) is 10.6. The second kappa shape index (κ2) is 10.4. The van der Waals surface area contributed by atoms with E-state index >= 15 is 0 Å². The van der Waals surface area contributed by atoms with Gasteiger partial charge in [-0.05, 0) is 60.1 Å². The van der Waals surface area contributed by atoms with Crippen LogP contribution in [-0.4, -0.2) is 40.1 Å². The van der Waals surface area contributed by atoms with Crippen LogP contribution in [0.1, 0.15) is 64.7 Å². The summed E-state index contributed by atoms with van der Waals surface area (Å²) in [6.07, 6.45) is 1.48. The highest BCUT2D eigenvalue weighted by Gasteiger charge is 2.28. The fraction of sp³-hybridized carbons (Fsp3) is 0.440. The molecule has 1 atom stereocenters. The van der Waals surface area contributed by atoms with Gasteiger partial charge in [-0.15, -0.1) is 0 Å². The van der Waals surface area contributed by atoms with E-state index in [9.17, 15) is 14.4 Å². The SMILES string of the molecule is CC(C)(C)OC(=O)CC[C@H](NC(=O)c1ccc(-c2ccccc2)nc1)C(=O)OC(C)(C)C. The Morgan fingerprint density at radius 2 is 1.53 bits per heavy atom. The minimum Gasteiger partial charge on any atom is -0.460 e. The summed E-state index contributed by atoms with van der Waals surface area (Å²) in [6.45, 7) is 10.5. The fourth-order valence-electron chi connectivity index (χ4n) is 2.83. The monoisotopic (exact) mass is 440 g/mol. The smallest absolute Gasteiger partial charge is 0.329 e. The van der Waals surface area contributed by atoms with Crippen LogP contribution in [0.25, 0.3) is 11.3 Å². The molecule has 0 unspecified atom stereocenters. The van der Waals surface area contributed by atoms with Crippen molar-refractivity contribution in [3.63, 3.8) is 0 Å². The highest BCUT2D eigenvalue weighted by atomic mass is 16.6. The molecular weight excluding hydrogens is 408 g/mol. The zero-order valence-electron chi connectivity index (χ0n) is 19.6. The quantitative estimate of drug-likeness (QED) is 0.645. The zero-order chi connectivity index (χ0) is 23.9. The summed E-state index contributed by atoms with van der Waals surface area (Å²) in [5.74, 6) is -1.53. The molecule has 1 heterocycles. The molecule has 0 spiro atoms. The number of amides is 1. The molecular formula is C25H32N2O5. The third-order valence-corrected chi connectivity index (χ3v) is 4.15. The number of ether oxygens (including phenoxy) is 2. The lowest BCUT2D eigenvalue weighted by Gasteiger charge is -2.25.